The molecular formula is C16H14ClFO2. The van der Waals surface area contributed by atoms with E-state index in [0.717, 1.165) is 11.3 Å². The van der Waals surface area contributed by atoms with E-state index >= 15 is 0 Å². The molecule has 0 bridgehead atoms. The van der Waals surface area contributed by atoms with Crippen molar-refractivity contribution in [3.63, 3.8) is 0 Å². The summed E-state index contributed by atoms with van der Waals surface area (Å²) < 4.78 is 24.7. The normalized spacial score (nSPS) is 16.6. The second kappa shape index (κ2) is 5.71. The first-order valence-electron chi connectivity index (χ1n) is 6.46. The SMILES string of the molecule is Fc1cc(CCl)cc(OCC2COc3ccccc32)c1. The van der Waals surface area contributed by atoms with Gasteiger partial charge in [-0.15, -0.1) is 11.6 Å². The summed E-state index contributed by atoms with van der Waals surface area (Å²) in [5.41, 5.74) is 1.85. The van der Waals surface area contributed by atoms with E-state index in [2.05, 4.69) is 0 Å². The number of benzene rings is 2. The molecule has 2 aromatic carbocycles. The largest absolute Gasteiger partial charge is 0.493 e. The fourth-order valence-electron chi connectivity index (χ4n) is 2.35. The van der Waals surface area contributed by atoms with Crippen LogP contribution in [-0.4, -0.2) is 13.2 Å². The van der Waals surface area contributed by atoms with Crippen LogP contribution in [0.3, 0.4) is 0 Å². The molecule has 0 spiro atoms. The van der Waals surface area contributed by atoms with Gasteiger partial charge in [0.1, 0.15) is 17.3 Å². The van der Waals surface area contributed by atoms with Crippen LogP contribution >= 0.6 is 11.6 Å². The van der Waals surface area contributed by atoms with Crippen LogP contribution in [0.4, 0.5) is 4.39 Å². The predicted octanol–water partition coefficient (Wildman–Crippen LogP) is 4.12. The standard InChI is InChI=1S/C16H14ClFO2/c17-8-11-5-13(18)7-14(6-11)19-9-12-10-20-16-4-2-1-3-15(12)16/h1-7,12H,8-10H2. The average Bonchev–Trinajstić information content (AvgIpc) is 2.88. The highest BCUT2D eigenvalue weighted by Crippen LogP contribution is 2.33. The molecule has 0 radical (unpaired) electrons. The zero-order valence-electron chi connectivity index (χ0n) is 10.8. The summed E-state index contributed by atoms with van der Waals surface area (Å²) >= 11 is 5.72. The Hall–Kier alpha value is -1.74. The van der Waals surface area contributed by atoms with Crippen molar-refractivity contribution in [1.29, 1.82) is 0 Å². The van der Waals surface area contributed by atoms with Gasteiger partial charge in [0.2, 0.25) is 0 Å². The van der Waals surface area contributed by atoms with Crippen LogP contribution in [0.2, 0.25) is 0 Å². The lowest BCUT2D eigenvalue weighted by Gasteiger charge is -2.12. The van der Waals surface area contributed by atoms with E-state index in [9.17, 15) is 4.39 Å². The van der Waals surface area contributed by atoms with Crippen molar-refractivity contribution in [3.8, 4) is 11.5 Å². The Morgan fingerprint density at radius 3 is 2.95 bits per heavy atom. The zero-order chi connectivity index (χ0) is 13.9. The third-order valence-electron chi connectivity index (χ3n) is 3.34. The van der Waals surface area contributed by atoms with Gasteiger partial charge in [-0.2, -0.15) is 0 Å². The van der Waals surface area contributed by atoms with Crippen LogP contribution in [0.25, 0.3) is 0 Å². The van der Waals surface area contributed by atoms with Crippen molar-refractivity contribution < 1.29 is 13.9 Å². The van der Waals surface area contributed by atoms with Crippen LogP contribution in [0.1, 0.15) is 17.0 Å². The summed E-state index contributed by atoms with van der Waals surface area (Å²) in [5.74, 6) is 1.52. The molecule has 0 amide bonds. The maximum Gasteiger partial charge on any atom is 0.127 e. The van der Waals surface area contributed by atoms with Gasteiger partial charge >= 0.3 is 0 Å². The van der Waals surface area contributed by atoms with E-state index in [1.165, 1.54) is 12.1 Å². The number of para-hydroxylation sites is 1. The number of hydrogen-bond acceptors (Lipinski definition) is 2. The number of rotatable bonds is 4. The van der Waals surface area contributed by atoms with Crippen molar-refractivity contribution in [2.24, 2.45) is 0 Å². The van der Waals surface area contributed by atoms with Gasteiger partial charge in [-0.05, 0) is 23.8 Å². The Morgan fingerprint density at radius 1 is 1.25 bits per heavy atom. The van der Waals surface area contributed by atoms with Crippen LogP contribution in [0, 0.1) is 5.82 Å². The quantitative estimate of drug-likeness (QED) is 0.789. The minimum atomic E-state index is -0.332. The minimum absolute atomic E-state index is 0.175. The fraction of sp³-hybridized carbons (Fsp3) is 0.250. The van der Waals surface area contributed by atoms with Gasteiger partial charge < -0.3 is 9.47 Å². The summed E-state index contributed by atoms with van der Waals surface area (Å²) in [7, 11) is 0. The molecule has 0 saturated heterocycles. The highest BCUT2D eigenvalue weighted by atomic mass is 35.5. The summed E-state index contributed by atoms with van der Waals surface area (Å²) in [4.78, 5) is 0. The lowest BCUT2D eigenvalue weighted by Crippen LogP contribution is -2.11. The molecule has 1 aliphatic heterocycles. The van der Waals surface area contributed by atoms with Crippen molar-refractivity contribution in [2.45, 2.75) is 11.8 Å². The molecule has 1 atom stereocenters. The van der Waals surface area contributed by atoms with Crippen molar-refractivity contribution in [2.75, 3.05) is 13.2 Å². The molecule has 0 fully saturated rings. The molecule has 2 nitrogen and oxygen atoms in total. The fourth-order valence-corrected chi connectivity index (χ4v) is 2.50. The average molecular weight is 293 g/mol. The highest BCUT2D eigenvalue weighted by molar-refractivity contribution is 6.17. The van der Waals surface area contributed by atoms with E-state index in [1.807, 2.05) is 24.3 Å². The Balaban J connectivity index is 1.70. The maximum atomic E-state index is 13.4. The Bertz CT molecular complexity index is 615. The second-order valence-electron chi connectivity index (χ2n) is 4.79. The first-order valence-corrected chi connectivity index (χ1v) is 6.99. The van der Waals surface area contributed by atoms with Gasteiger partial charge in [0, 0.05) is 17.5 Å². The summed E-state index contributed by atoms with van der Waals surface area (Å²) in [6.07, 6.45) is 0. The van der Waals surface area contributed by atoms with Gasteiger partial charge in [0.05, 0.1) is 19.1 Å². The monoisotopic (exact) mass is 292 g/mol. The minimum Gasteiger partial charge on any atom is -0.493 e. The molecule has 1 unspecified atom stereocenters. The van der Waals surface area contributed by atoms with E-state index in [0.29, 0.717) is 24.5 Å². The third-order valence-corrected chi connectivity index (χ3v) is 3.64. The molecule has 0 saturated carbocycles. The molecule has 0 aliphatic carbocycles. The van der Waals surface area contributed by atoms with Gasteiger partial charge in [0.15, 0.2) is 0 Å². The lowest BCUT2D eigenvalue weighted by molar-refractivity contribution is 0.247. The molecule has 3 rings (SSSR count). The molecule has 1 heterocycles. The molecule has 4 heteroatoms. The molecule has 0 N–H and O–H groups in total. The molecule has 20 heavy (non-hydrogen) atoms. The van der Waals surface area contributed by atoms with Crippen LogP contribution in [0.15, 0.2) is 42.5 Å². The van der Waals surface area contributed by atoms with E-state index in [-0.39, 0.29) is 17.6 Å². The van der Waals surface area contributed by atoms with E-state index in [1.54, 1.807) is 6.07 Å². The van der Waals surface area contributed by atoms with E-state index in [4.69, 9.17) is 21.1 Å². The molecule has 1 aliphatic rings. The molecular weight excluding hydrogens is 279 g/mol. The topological polar surface area (TPSA) is 18.5 Å². The molecule has 104 valence electrons. The number of ether oxygens (including phenoxy) is 2. The van der Waals surface area contributed by atoms with Crippen LogP contribution in [0.5, 0.6) is 11.5 Å². The van der Waals surface area contributed by atoms with Gasteiger partial charge in [-0.3, -0.25) is 0 Å². The van der Waals surface area contributed by atoms with Crippen molar-refractivity contribution >= 4 is 11.6 Å². The summed E-state index contributed by atoms with van der Waals surface area (Å²) in [6, 6.07) is 12.5. The van der Waals surface area contributed by atoms with Gasteiger partial charge in [-0.25, -0.2) is 4.39 Å². The predicted molar refractivity (Wildman–Crippen MR) is 76.1 cm³/mol. The first kappa shape index (κ1) is 13.3. The van der Waals surface area contributed by atoms with Gasteiger partial charge in [0.25, 0.3) is 0 Å². The highest BCUT2D eigenvalue weighted by Gasteiger charge is 2.24. The number of halogens is 2. The Kier molecular flexibility index (Phi) is 3.79. The third kappa shape index (κ3) is 2.73. The lowest BCUT2D eigenvalue weighted by atomic mass is 10.0. The van der Waals surface area contributed by atoms with Crippen molar-refractivity contribution in [1.82, 2.24) is 0 Å². The molecule has 2 aromatic rings. The van der Waals surface area contributed by atoms with Crippen LogP contribution < -0.4 is 9.47 Å². The number of alkyl halides is 1. The first-order chi connectivity index (χ1) is 9.76. The Morgan fingerprint density at radius 2 is 2.10 bits per heavy atom. The second-order valence-corrected chi connectivity index (χ2v) is 5.05. The summed E-state index contributed by atoms with van der Waals surface area (Å²) in [6.45, 7) is 1.05. The zero-order valence-corrected chi connectivity index (χ0v) is 11.6. The maximum absolute atomic E-state index is 13.4. The Labute approximate surface area is 122 Å². The van der Waals surface area contributed by atoms with Crippen LogP contribution in [-0.2, 0) is 5.88 Å². The number of fused-ring (bicyclic) bond motifs is 1. The van der Waals surface area contributed by atoms with E-state index < -0.39 is 0 Å². The summed E-state index contributed by atoms with van der Waals surface area (Å²) in [5, 5.41) is 0. The number of hydrogen-bond donors (Lipinski definition) is 0. The van der Waals surface area contributed by atoms with Crippen molar-refractivity contribution in [3.05, 3.63) is 59.4 Å². The molecule has 0 aromatic heterocycles. The smallest absolute Gasteiger partial charge is 0.127 e. The van der Waals surface area contributed by atoms with Gasteiger partial charge in [-0.1, -0.05) is 18.2 Å².